The molecule has 0 aliphatic heterocycles. The molecule has 138 valence electrons. The van der Waals surface area contributed by atoms with Gasteiger partial charge in [0.25, 0.3) is 21.3 Å². The van der Waals surface area contributed by atoms with Crippen molar-refractivity contribution >= 4 is 21.4 Å². The zero-order chi connectivity index (χ0) is 19.6. The van der Waals surface area contributed by atoms with Gasteiger partial charge in [-0.3, -0.25) is 19.6 Å². The Kier molecular flexibility index (Phi) is 4.74. The van der Waals surface area contributed by atoms with Gasteiger partial charge in [0.1, 0.15) is 5.82 Å². The highest BCUT2D eigenvalue weighted by Gasteiger charge is 2.16. The number of aromatic amines is 1. The van der Waals surface area contributed by atoms with Crippen LogP contribution in [0.4, 0.5) is 11.4 Å². The van der Waals surface area contributed by atoms with Gasteiger partial charge in [0, 0.05) is 35.1 Å². The number of non-ortho nitro benzene ring substituents is 1. The third-order valence-electron chi connectivity index (χ3n) is 3.62. The highest BCUT2D eigenvalue weighted by molar-refractivity contribution is 7.92. The van der Waals surface area contributed by atoms with E-state index in [1.54, 1.807) is 25.1 Å². The molecule has 10 heteroatoms. The van der Waals surface area contributed by atoms with Gasteiger partial charge in [-0.2, -0.15) is 0 Å². The first-order valence-corrected chi connectivity index (χ1v) is 9.18. The number of nitrogens with one attached hydrogen (secondary N) is 2. The van der Waals surface area contributed by atoms with Crippen LogP contribution in [0.1, 0.15) is 5.69 Å². The molecule has 9 nitrogen and oxygen atoms in total. The summed E-state index contributed by atoms with van der Waals surface area (Å²) in [6.45, 7) is 1.68. The second-order valence-electron chi connectivity index (χ2n) is 5.67. The largest absolute Gasteiger partial charge is 0.307 e. The Morgan fingerprint density at radius 3 is 2.44 bits per heavy atom. The normalized spacial score (nSPS) is 11.1. The Bertz CT molecular complexity index is 1170. The van der Waals surface area contributed by atoms with Crippen LogP contribution in [0.5, 0.6) is 0 Å². The summed E-state index contributed by atoms with van der Waals surface area (Å²) in [4.78, 5) is 28.4. The lowest BCUT2D eigenvalue weighted by Crippen LogP contribution is -2.13. The van der Waals surface area contributed by atoms with Crippen LogP contribution in [-0.2, 0) is 10.0 Å². The molecule has 0 saturated heterocycles. The Hall–Kier alpha value is -3.53. The fourth-order valence-corrected chi connectivity index (χ4v) is 3.46. The molecule has 0 bridgehead atoms. The molecule has 0 spiro atoms. The molecule has 0 saturated carbocycles. The fourth-order valence-electron chi connectivity index (χ4n) is 2.41. The molecule has 0 fully saturated rings. The zero-order valence-corrected chi connectivity index (χ0v) is 14.9. The number of aryl methyl sites for hydroxylation is 1. The van der Waals surface area contributed by atoms with Crippen molar-refractivity contribution in [2.24, 2.45) is 0 Å². The molecule has 0 amide bonds. The lowest BCUT2D eigenvalue weighted by Gasteiger charge is -2.09. The number of nitrogens with zero attached hydrogens (tertiary/aromatic N) is 2. The average Bonchev–Trinajstić information content (AvgIpc) is 2.61. The molecule has 3 rings (SSSR count). The van der Waals surface area contributed by atoms with Crippen LogP contribution in [0.15, 0.2) is 64.3 Å². The minimum absolute atomic E-state index is 0.111. The van der Waals surface area contributed by atoms with Crippen LogP contribution >= 0.6 is 0 Å². The molecular weight excluding hydrogens is 372 g/mol. The smallest absolute Gasteiger partial charge is 0.269 e. The molecule has 2 aromatic carbocycles. The summed E-state index contributed by atoms with van der Waals surface area (Å²) in [5.41, 5.74) is 0.806. The highest BCUT2D eigenvalue weighted by atomic mass is 32.2. The number of nitro benzene ring substituents is 1. The number of hydrogen-bond donors (Lipinski definition) is 2. The SMILES string of the molecule is Cc1cc(=O)[nH]c(-c2cccc(NS(=O)(=O)c3ccc([N+](=O)[O-])cc3)c2)n1. The minimum atomic E-state index is -3.94. The molecular formula is C17H14N4O5S. The predicted molar refractivity (Wildman–Crippen MR) is 98.9 cm³/mol. The van der Waals surface area contributed by atoms with Gasteiger partial charge >= 0.3 is 0 Å². The van der Waals surface area contributed by atoms with Crippen molar-refractivity contribution in [3.8, 4) is 11.4 Å². The van der Waals surface area contributed by atoms with Gasteiger partial charge in [-0.1, -0.05) is 12.1 Å². The molecule has 27 heavy (non-hydrogen) atoms. The molecule has 2 N–H and O–H groups in total. The van der Waals surface area contributed by atoms with Crippen LogP contribution in [0.25, 0.3) is 11.4 Å². The summed E-state index contributed by atoms with van der Waals surface area (Å²) in [7, 11) is -3.94. The van der Waals surface area contributed by atoms with E-state index in [4.69, 9.17) is 0 Å². The molecule has 3 aromatic rings. The van der Waals surface area contributed by atoms with E-state index < -0.39 is 14.9 Å². The van der Waals surface area contributed by atoms with Crippen molar-refractivity contribution in [1.29, 1.82) is 0 Å². The highest BCUT2D eigenvalue weighted by Crippen LogP contribution is 2.22. The second kappa shape index (κ2) is 7.00. The molecule has 0 aliphatic rings. The van der Waals surface area contributed by atoms with E-state index in [0.717, 1.165) is 24.3 Å². The van der Waals surface area contributed by atoms with Gasteiger partial charge in [0.15, 0.2) is 0 Å². The van der Waals surface area contributed by atoms with Gasteiger partial charge in [-0.05, 0) is 31.2 Å². The maximum Gasteiger partial charge on any atom is 0.269 e. The second-order valence-corrected chi connectivity index (χ2v) is 7.36. The molecule has 0 atom stereocenters. The number of H-pyrrole nitrogens is 1. The Morgan fingerprint density at radius 1 is 1.11 bits per heavy atom. The van der Waals surface area contributed by atoms with E-state index in [9.17, 15) is 23.3 Å². The van der Waals surface area contributed by atoms with Crippen LogP contribution in [-0.4, -0.2) is 23.3 Å². The van der Waals surface area contributed by atoms with Crippen molar-refractivity contribution in [3.63, 3.8) is 0 Å². The molecule has 0 aliphatic carbocycles. The summed E-state index contributed by atoms with van der Waals surface area (Å²) in [6, 6.07) is 12.3. The standard InChI is InChI=1S/C17H14N4O5S/c1-11-9-16(22)19-17(18-11)12-3-2-4-13(10-12)20-27(25,26)15-7-5-14(6-8-15)21(23)24/h2-10,20H,1H3,(H,18,19,22). The molecule has 0 radical (unpaired) electrons. The number of rotatable bonds is 5. The number of nitro groups is 1. The number of sulfonamides is 1. The number of aromatic nitrogens is 2. The van der Waals surface area contributed by atoms with Crippen molar-refractivity contribution in [3.05, 3.63) is 80.8 Å². The first kappa shape index (κ1) is 18.3. The third kappa shape index (κ3) is 4.18. The van der Waals surface area contributed by atoms with Crippen molar-refractivity contribution in [2.75, 3.05) is 4.72 Å². The number of anilines is 1. The lowest BCUT2D eigenvalue weighted by atomic mass is 10.2. The first-order valence-electron chi connectivity index (χ1n) is 7.70. The van der Waals surface area contributed by atoms with E-state index in [1.165, 1.54) is 12.1 Å². The lowest BCUT2D eigenvalue weighted by molar-refractivity contribution is -0.384. The minimum Gasteiger partial charge on any atom is -0.307 e. The van der Waals surface area contributed by atoms with Gasteiger partial charge < -0.3 is 4.98 Å². The fraction of sp³-hybridized carbons (Fsp3) is 0.0588. The van der Waals surface area contributed by atoms with Crippen LogP contribution in [0.3, 0.4) is 0 Å². The van der Waals surface area contributed by atoms with E-state index in [1.807, 2.05) is 0 Å². The van der Waals surface area contributed by atoms with E-state index in [0.29, 0.717) is 17.1 Å². The molecule has 1 aromatic heterocycles. The Morgan fingerprint density at radius 2 is 1.81 bits per heavy atom. The van der Waals surface area contributed by atoms with Crippen molar-refractivity contribution in [1.82, 2.24) is 9.97 Å². The zero-order valence-electron chi connectivity index (χ0n) is 14.0. The summed E-state index contributed by atoms with van der Waals surface area (Å²) in [5, 5.41) is 10.7. The number of benzene rings is 2. The van der Waals surface area contributed by atoms with Crippen LogP contribution < -0.4 is 10.3 Å². The molecule has 1 heterocycles. The summed E-state index contributed by atoms with van der Waals surface area (Å²) in [5.74, 6) is 0.316. The van der Waals surface area contributed by atoms with Gasteiger partial charge in [-0.25, -0.2) is 13.4 Å². The molecule has 0 unspecified atom stereocenters. The maximum absolute atomic E-state index is 12.5. The van der Waals surface area contributed by atoms with E-state index >= 15 is 0 Å². The predicted octanol–water partition coefficient (Wildman–Crippen LogP) is 2.45. The van der Waals surface area contributed by atoms with Crippen molar-refractivity contribution in [2.45, 2.75) is 11.8 Å². The van der Waals surface area contributed by atoms with Gasteiger partial charge in [-0.15, -0.1) is 0 Å². The van der Waals surface area contributed by atoms with Crippen LogP contribution in [0.2, 0.25) is 0 Å². The Labute approximate surface area is 153 Å². The summed E-state index contributed by atoms with van der Waals surface area (Å²) >= 11 is 0. The third-order valence-corrected chi connectivity index (χ3v) is 5.01. The Balaban J connectivity index is 1.91. The first-order chi connectivity index (χ1) is 12.7. The summed E-state index contributed by atoms with van der Waals surface area (Å²) < 4.78 is 27.4. The van der Waals surface area contributed by atoms with Gasteiger partial charge in [0.05, 0.1) is 9.82 Å². The average molecular weight is 386 g/mol. The quantitative estimate of drug-likeness (QED) is 0.511. The van der Waals surface area contributed by atoms with Gasteiger partial charge in [0.2, 0.25) is 0 Å². The topological polar surface area (TPSA) is 135 Å². The maximum atomic E-state index is 12.5. The number of hydrogen-bond acceptors (Lipinski definition) is 6. The monoisotopic (exact) mass is 386 g/mol. The van der Waals surface area contributed by atoms with Crippen LogP contribution in [0, 0.1) is 17.0 Å². The van der Waals surface area contributed by atoms with E-state index in [-0.39, 0.29) is 21.8 Å². The van der Waals surface area contributed by atoms with E-state index in [2.05, 4.69) is 14.7 Å². The van der Waals surface area contributed by atoms with Crippen molar-refractivity contribution < 1.29 is 13.3 Å². The summed E-state index contributed by atoms with van der Waals surface area (Å²) in [6.07, 6.45) is 0.